The van der Waals surface area contributed by atoms with Gasteiger partial charge in [-0.3, -0.25) is 0 Å². The summed E-state index contributed by atoms with van der Waals surface area (Å²) >= 11 is 0. The third-order valence-corrected chi connectivity index (χ3v) is 4.76. The van der Waals surface area contributed by atoms with Gasteiger partial charge in [-0.15, -0.1) is 0 Å². The van der Waals surface area contributed by atoms with Crippen molar-refractivity contribution >= 4 is 6.09 Å². The normalized spacial score (nSPS) is 19.6. The largest absolute Gasteiger partial charge is 0.465 e. The van der Waals surface area contributed by atoms with E-state index >= 15 is 0 Å². The van der Waals surface area contributed by atoms with Crippen LogP contribution in [-0.4, -0.2) is 39.9 Å². The molecule has 2 aromatic rings. The Hall–Kier alpha value is -2.47. The lowest BCUT2D eigenvalue weighted by molar-refractivity contribution is 0.0576. The maximum atomic E-state index is 14.4. The second-order valence-electron chi connectivity index (χ2n) is 6.21. The molecule has 1 aliphatic heterocycles. The highest BCUT2D eigenvalue weighted by molar-refractivity contribution is 5.66. The average molecular weight is 347 g/mol. The van der Waals surface area contributed by atoms with Crippen molar-refractivity contribution in [2.75, 3.05) is 6.54 Å². The number of carboxylic acid groups (broad SMARTS) is 1. The molecule has 2 N–H and O–H groups in total. The molecule has 2 unspecified atom stereocenters. The van der Waals surface area contributed by atoms with E-state index in [9.17, 15) is 23.8 Å². The van der Waals surface area contributed by atoms with Crippen LogP contribution in [-0.2, 0) is 0 Å². The summed E-state index contributed by atoms with van der Waals surface area (Å²) in [5.41, 5.74) is 0.632. The highest BCUT2D eigenvalue weighted by atomic mass is 19.2. The molecule has 0 bridgehead atoms. The van der Waals surface area contributed by atoms with Crippen LogP contribution in [0.1, 0.15) is 29.9 Å². The predicted octanol–water partition coefficient (Wildman–Crippen LogP) is 3.60. The number of nitrogens with zero attached hydrogens (tertiary/aromatic N) is 1. The van der Waals surface area contributed by atoms with E-state index in [0.717, 1.165) is 6.07 Å². The highest BCUT2D eigenvalue weighted by Crippen LogP contribution is 2.36. The van der Waals surface area contributed by atoms with Gasteiger partial charge in [0.15, 0.2) is 11.6 Å². The number of hydrogen-bond donors (Lipinski definition) is 2. The topological polar surface area (TPSA) is 60.8 Å². The standard InChI is InChI=1S/C19H19F2NO3/c20-14-9-4-8-13(17(14)21)16(12-6-2-1-3-7-12)18(23)15-10-5-11-22(15)19(24)25/h1-4,6-9,15-16,18,23H,5,10-11H2,(H,24,25)/t15-,16?,18?/m1/s1. The first kappa shape index (κ1) is 17.4. The predicted molar refractivity (Wildman–Crippen MR) is 88.4 cm³/mol. The van der Waals surface area contributed by atoms with Gasteiger partial charge >= 0.3 is 6.09 Å². The van der Waals surface area contributed by atoms with E-state index in [2.05, 4.69) is 0 Å². The van der Waals surface area contributed by atoms with Crippen molar-refractivity contribution in [1.29, 1.82) is 0 Å². The highest BCUT2D eigenvalue weighted by Gasteiger charge is 2.39. The summed E-state index contributed by atoms with van der Waals surface area (Å²) in [5.74, 6) is -2.87. The summed E-state index contributed by atoms with van der Waals surface area (Å²) in [5, 5.41) is 20.3. The monoisotopic (exact) mass is 347 g/mol. The van der Waals surface area contributed by atoms with Gasteiger partial charge in [-0.1, -0.05) is 42.5 Å². The number of halogens is 2. The minimum absolute atomic E-state index is 0.0240. The van der Waals surface area contributed by atoms with Crippen molar-refractivity contribution in [3.63, 3.8) is 0 Å². The third kappa shape index (κ3) is 3.35. The van der Waals surface area contributed by atoms with Crippen LogP contribution in [0, 0.1) is 11.6 Å². The number of likely N-dealkylation sites (tertiary alicyclic amines) is 1. The molecule has 1 heterocycles. The molecule has 132 valence electrons. The average Bonchev–Trinajstić information content (AvgIpc) is 3.10. The Labute approximate surface area is 144 Å². The van der Waals surface area contributed by atoms with Gasteiger partial charge < -0.3 is 15.1 Å². The van der Waals surface area contributed by atoms with Crippen LogP contribution in [0.4, 0.5) is 13.6 Å². The first-order valence-electron chi connectivity index (χ1n) is 8.17. The quantitative estimate of drug-likeness (QED) is 0.888. The zero-order chi connectivity index (χ0) is 18.0. The van der Waals surface area contributed by atoms with E-state index in [1.807, 2.05) is 0 Å². The summed E-state index contributed by atoms with van der Waals surface area (Å²) < 4.78 is 28.2. The minimum Gasteiger partial charge on any atom is -0.465 e. The molecule has 1 fully saturated rings. The van der Waals surface area contributed by atoms with E-state index in [1.54, 1.807) is 30.3 Å². The van der Waals surface area contributed by atoms with Crippen LogP contribution >= 0.6 is 0 Å². The van der Waals surface area contributed by atoms with Crippen molar-refractivity contribution in [3.05, 3.63) is 71.3 Å². The molecule has 2 aromatic carbocycles. The van der Waals surface area contributed by atoms with E-state index in [0.29, 0.717) is 24.9 Å². The molecular formula is C19H19F2NO3. The first-order chi connectivity index (χ1) is 12.0. The second-order valence-corrected chi connectivity index (χ2v) is 6.21. The van der Waals surface area contributed by atoms with Crippen molar-refractivity contribution < 1.29 is 23.8 Å². The molecule has 0 aromatic heterocycles. The molecule has 0 spiro atoms. The van der Waals surface area contributed by atoms with Crippen LogP contribution in [0.5, 0.6) is 0 Å². The Morgan fingerprint density at radius 3 is 2.52 bits per heavy atom. The van der Waals surface area contributed by atoms with E-state index in [4.69, 9.17) is 0 Å². The van der Waals surface area contributed by atoms with Gasteiger partial charge in [-0.05, 0) is 24.5 Å². The van der Waals surface area contributed by atoms with Gasteiger partial charge in [0, 0.05) is 18.0 Å². The Kier molecular flexibility index (Phi) is 4.99. The number of rotatable bonds is 4. The fourth-order valence-electron chi connectivity index (χ4n) is 3.59. The summed E-state index contributed by atoms with van der Waals surface area (Å²) in [6.45, 7) is 0.324. The molecule has 1 amide bonds. The molecule has 1 saturated heterocycles. The fraction of sp³-hybridized carbons (Fsp3) is 0.316. The Bertz CT molecular complexity index is 754. The van der Waals surface area contributed by atoms with Gasteiger partial charge in [-0.2, -0.15) is 0 Å². The Balaban J connectivity index is 2.05. The zero-order valence-corrected chi connectivity index (χ0v) is 13.5. The molecule has 0 aliphatic carbocycles. The Morgan fingerprint density at radius 2 is 1.84 bits per heavy atom. The molecule has 4 nitrogen and oxygen atoms in total. The molecule has 25 heavy (non-hydrogen) atoms. The van der Waals surface area contributed by atoms with Crippen LogP contribution < -0.4 is 0 Å². The lowest BCUT2D eigenvalue weighted by Gasteiger charge is -2.32. The summed E-state index contributed by atoms with van der Waals surface area (Å²) in [7, 11) is 0. The molecule has 0 saturated carbocycles. The number of carbonyl (C=O) groups is 1. The summed E-state index contributed by atoms with van der Waals surface area (Å²) in [6.07, 6.45) is -1.19. The number of aliphatic hydroxyl groups is 1. The van der Waals surface area contributed by atoms with Crippen LogP contribution in [0.25, 0.3) is 0 Å². The SMILES string of the molecule is O=C(O)N1CCC[C@@H]1C(O)C(c1ccccc1)c1cccc(F)c1F. The molecule has 3 atom stereocenters. The van der Waals surface area contributed by atoms with E-state index < -0.39 is 35.8 Å². The van der Waals surface area contributed by atoms with Gasteiger partial charge in [0.2, 0.25) is 0 Å². The lowest BCUT2D eigenvalue weighted by Crippen LogP contribution is -2.45. The second kappa shape index (κ2) is 7.19. The molecule has 0 radical (unpaired) electrons. The summed E-state index contributed by atoms with van der Waals surface area (Å²) in [4.78, 5) is 12.6. The van der Waals surface area contributed by atoms with Gasteiger partial charge in [0.25, 0.3) is 0 Å². The third-order valence-electron chi connectivity index (χ3n) is 4.76. The Morgan fingerprint density at radius 1 is 1.12 bits per heavy atom. The lowest BCUT2D eigenvalue weighted by atomic mass is 9.82. The maximum Gasteiger partial charge on any atom is 0.407 e. The molecule has 3 rings (SSSR count). The van der Waals surface area contributed by atoms with Crippen molar-refractivity contribution in [1.82, 2.24) is 4.90 Å². The number of aliphatic hydroxyl groups excluding tert-OH is 1. The molecule has 6 heteroatoms. The van der Waals surface area contributed by atoms with Crippen LogP contribution in [0.3, 0.4) is 0 Å². The van der Waals surface area contributed by atoms with E-state index in [-0.39, 0.29) is 5.56 Å². The fourth-order valence-corrected chi connectivity index (χ4v) is 3.59. The van der Waals surface area contributed by atoms with Crippen molar-refractivity contribution in [3.8, 4) is 0 Å². The number of hydrogen-bond acceptors (Lipinski definition) is 2. The molecule has 1 aliphatic rings. The minimum atomic E-state index is -1.18. The van der Waals surface area contributed by atoms with Crippen LogP contribution in [0.15, 0.2) is 48.5 Å². The zero-order valence-electron chi connectivity index (χ0n) is 13.5. The van der Waals surface area contributed by atoms with Gasteiger partial charge in [0.1, 0.15) is 0 Å². The van der Waals surface area contributed by atoms with Crippen LogP contribution in [0.2, 0.25) is 0 Å². The number of amides is 1. The number of benzene rings is 2. The maximum absolute atomic E-state index is 14.4. The van der Waals surface area contributed by atoms with E-state index in [1.165, 1.54) is 17.0 Å². The summed E-state index contributed by atoms with van der Waals surface area (Å²) in [6, 6.07) is 11.9. The van der Waals surface area contributed by atoms with Crippen molar-refractivity contribution in [2.24, 2.45) is 0 Å². The van der Waals surface area contributed by atoms with Crippen molar-refractivity contribution in [2.45, 2.75) is 30.9 Å². The smallest absolute Gasteiger partial charge is 0.407 e. The molecular weight excluding hydrogens is 328 g/mol. The van der Waals surface area contributed by atoms with Gasteiger partial charge in [0.05, 0.1) is 12.1 Å². The van der Waals surface area contributed by atoms with Gasteiger partial charge in [-0.25, -0.2) is 13.6 Å². The first-order valence-corrected chi connectivity index (χ1v) is 8.17.